The Balaban J connectivity index is 2.10. The normalized spacial score (nSPS) is 11.8. The molecule has 148 valence electrons. The van der Waals surface area contributed by atoms with E-state index in [1.807, 2.05) is 0 Å². The minimum absolute atomic E-state index is 0.00458. The number of hydrogen-bond acceptors (Lipinski definition) is 4. The average molecular weight is 451 g/mol. The number of aromatic nitrogens is 2. The molecule has 2 aromatic carbocycles. The third-order valence-electron chi connectivity index (χ3n) is 3.67. The molecule has 0 spiro atoms. The molecule has 0 atom stereocenters. The topological polar surface area (TPSA) is 61.2 Å². The van der Waals surface area contributed by atoms with Crippen molar-refractivity contribution in [3.8, 4) is 11.5 Å². The summed E-state index contributed by atoms with van der Waals surface area (Å²) in [6.07, 6.45) is 4.31. The number of sulfone groups is 1. The minimum atomic E-state index is -4.92. The lowest BCUT2D eigenvalue weighted by molar-refractivity contribution is 0.234. The fourth-order valence-electron chi connectivity index (χ4n) is 2.45. The summed E-state index contributed by atoms with van der Waals surface area (Å²) >= 11 is 12.1. The molecule has 0 saturated heterocycles. The molecule has 1 aromatic heterocycles. The highest BCUT2D eigenvalue weighted by Crippen LogP contribution is 2.38. The first-order valence-corrected chi connectivity index (χ1v) is 9.92. The Morgan fingerprint density at radius 3 is 2.54 bits per heavy atom. The van der Waals surface area contributed by atoms with Gasteiger partial charge >= 0.3 is 5.76 Å². The number of rotatable bonds is 6. The van der Waals surface area contributed by atoms with Crippen molar-refractivity contribution in [2.45, 2.75) is 17.2 Å². The monoisotopic (exact) mass is 450 g/mol. The number of nitrogens with zero attached hydrogens (tertiary/aromatic N) is 2. The number of ether oxygens (including phenoxy) is 1. The summed E-state index contributed by atoms with van der Waals surface area (Å²) in [5.41, 5.74) is -0.111. The Bertz CT molecular complexity index is 1090. The van der Waals surface area contributed by atoms with Crippen LogP contribution in [0.1, 0.15) is 5.56 Å². The van der Waals surface area contributed by atoms with Gasteiger partial charge in [0.1, 0.15) is 17.3 Å². The number of alkyl halides is 2. The van der Waals surface area contributed by atoms with Crippen LogP contribution in [-0.2, 0) is 16.4 Å². The lowest BCUT2D eigenvalue weighted by Gasteiger charge is -2.16. The second-order valence-corrected chi connectivity index (χ2v) is 8.30. The maximum atomic E-state index is 13.5. The van der Waals surface area contributed by atoms with Gasteiger partial charge < -0.3 is 9.30 Å². The van der Waals surface area contributed by atoms with Crippen molar-refractivity contribution >= 4 is 33.0 Å². The van der Waals surface area contributed by atoms with Crippen molar-refractivity contribution in [2.24, 2.45) is 0 Å². The maximum absolute atomic E-state index is 13.5. The van der Waals surface area contributed by atoms with E-state index in [1.165, 1.54) is 29.4 Å². The van der Waals surface area contributed by atoms with Crippen molar-refractivity contribution in [3.63, 3.8) is 0 Å². The van der Waals surface area contributed by atoms with Gasteiger partial charge in [-0.1, -0.05) is 23.2 Å². The minimum Gasteiger partial charge on any atom is -0.456 e. The van der Waals surface area contributed by atoms with E-state index in [-0.39, 0.29) is 33.7 Å². The fourth-order valence-corrected chi connectivity index (χ4v) is 3.94. The van der Waals surface area contributed by atoms with Gasteiger partial charge in [-0.2, -0.15) is 8.78 Å². The highest BCUT2D eigenvalue weighted by atomic mass is 35.5. The lowest BCUT2D eigenvalue weighted by Crippen LogP contribution is -2.15. The van der Waals surface area contributed by atoms with Crippen LogP contribution in [-0.4, -0.2) is 23.7 Å². The molecular formula is C17H11Cl2F3N2O3S. The van der Waals surface area contributed by atoms with E-state index in [0.29, 0.717) is 0 Å². The summed E-state index contributed by atoms with van der Waals surface area (Å²) in [7, 11) is -4.92. The van der Waals surface area contributed by atoms with Gasteiger partial charge in [0.05, 0.1) is 22.8 Å². The van der Waals surface area contributed by atoms with Crippen LogP contribution in [0.5, 0.6) is 11.5 Å². The number of halogens is 5. The first-order chi connectivity index (χ1) is 13.2. The predicted molar refractivity (Wildman–Crippen MR) is 97.5 cm³/mol. The van der Waals surface area contributed by atoms with E-state index >= 15 is 0 Å². The van der Waals surface area contributed by atoms with Gasteiger partial charge in [0.15, 0.2) is 0 Å². The van der Waals surface area contributed by atoms with Crippen molar-refractivity contribution in [3.05, 3.63) is 70.5 Å². The van der Waals surface area contributed by atoms with Crippen LogP contribution in [0.15, 0.2) is 53.9 Å². The van der Waals surface area contributed by atoms with Gasteiger partial charge in [-0.25, -0.2) is 17.8 Å². The quantitative estimate of drug-likeness (QED) is 0.519. The molecule has 0 N–H and O–H groups in total. The molecule has 0 aliphatic carbocycles. The van der Waals surface area contributed by atoms with Crippen LogP contribution in [0.3, 0.4) is 0 Å². The zero-order chi connectivity index (χ0) is 20.5. The Kier molecular flexibility index (Phi) is 5.87. The van der Waals surface area contributed by atoms with Crippen molar-refractivity contribution < 1.29 is 26.3 Å². The summed E-state index contributed by atoms with van der Waals surface area (Å²) in [6.45, 7) is -0.152. The third-order valence-corrected chi connectivity index (χ3v) is 5.77. The van der Waals surface area contributed by atoms with Crippen LogP contribution in [0.25, 0.3) is 0 Å². The van der Waals surface area contributed by atoms with Gasteiger partial charge in [-0.15, -0.1) is 0 Å². The Morgan fingerprint density at radius 2 is 1.93 bits per heavy atom. The standard InChI is InChI=1S/C17H11Cl2F3N2O3S/c18-10-5-11(20)7-12(6-10)27-14-1-2-15(28(25,26)17(21)22)13(16(14)19)8-24-4-3-23-9-24/h1-7,9,17H,8H2. The second-order valence-electron chi connectivity index (χ2n) is 5.60. The van der Waals surface area contributed by atoms with Gasteiger partial charge in [0, 0.05) is 29.0 Å². The molecule has 0 amide bonds. The summed E-state index contributed by atoms with van der Waals surface area (Å²) in [6, 6.07) is 5.52. The molecule has 1 heterocycles. The fraction of sp³-hybridized carbons (Fsp3) is 0.118. The second kappa shape index (κ2) is 8.02. The summed E-state index contributed by atoms with van der Waals surface area (Å²) in [5.74, 6) is -4.33. The molecule has 3 rings (SSSR count). The molecule has 0 saturated carbocycles. The Morgan fingerprint density at radius 1 is 1.18 bits per heavy atom. The zero-order valence-corrected chi connectivity index (χ0v) is 16.1. The molecule has 3 aromatic rings. The van der Waals surface area contributed by atoms with Crippen molar-refractivity contribution in [2.75, 3.05) is 0 Å². The molecule has 0 bridgehead atoms. The van der Waals surface area contributed by atoms with Crippen molar-refractivity contribution in [1.29, 1.82) is 0 Å². The van der Waals surface area contributed by atoms with Crippen LogP contribution < -0.4 is 4.74 Å². The van der Waals surface area contributed by atoms with E-state index in [0.717, 1.165) is 24.3 Å². The van der Waals surface area contributed by atoms with Gasteiger partial charge in [-0.3, -0.25) is 0 Å². The smallest absolute Gasteiger partial charge is 0.341 e. The van der Waals surface area contributed by atoms with Crippen LogP contribution in [0, 0.1) is 5.82 Å². The first-order valence-electron chi connectivity index (χ1n) is 7.61. The molecule has 11 heteroatoms. The molecule has 28 heavy (non-hydrogen) atoms. The number of imidazole rings is 1. The average Bonchev–Trinajstić information content (AvgIpc) is 3.10. The Hall–Kier alpha value is -2.23. The third kappa shape index (κ3) is 4.26. The Labute approximate surface area is 168 Å². The van der Waals surface area contributed by atoms with Crippen molar-refractivity contribution in [1.82, 2.24) is 9.55 Å². The molecular weight excluding hydrogens is 440 g/mol. The number of hydrogen-bond donors (Lipinski definition) is 0. The highest BCUT2D eigenvalue weighted by Gasteiger charge is 2.31. The van der Waals surface area contributed by atoms with Crippen LogP contribution in [0.2, 0.25) is 10.0 Å². The molecule has 0 unspecified atom stereocenters. The molecule has 0 fully saturated rings. The highest BCUT2D eigenvalue weighted by molar-refractivity contribution is 7.91. The first kappa shape index (κ1) is 20.5. The van der Waals surface area contributed by atoms with Gasteiger partial charge in [0.2, 0.25) is 9.84 Å². The zero-order valence-electron chi connectivity index (χ0n) is 13.8. The van der Waals surface area contributed by atoms with E-state index in [4.69, 9.17) is 27.9 Å². The number of benzene rings is 2. The van der Waals surface area contributed by atoms with Gasteiger partial charge in [-0.05, 0) is 24.3 Å². The summed E-state index contributed by atoms with van der Waals surface area (Å²) in [5, 5.41) is -0.141. The summed E-state index contributed by atoms with van der Waals surface area (Å²) < 4.78 is 70.7. The molecule has 0 aliphatic rings. The molecule has 0 aliphatic heterocycles. The van der Waals surface area contributed by atoms with Crippen LogP contribution in [0.4, 0.5) is 13.2 Å². The molecule has 0 radical (unpaired) electrons. The maximum Gasteiger partial charge on any atom is 0.341 e. The van der Waals surface area contributed by atoms with E-state index in [2.05, 4.69) is 4.98 Å². The summed E-state index contributed by atoms with van der Waals surface area (Å²) in [4.78, 5) is 3.19. The predicted octanol–water partition coefficient (Wildman–Crippen LogP) is 5.17. The van der Waals surface area contributed by atoms with Crippen LogP contribution >= 0.6 is 23.2 Å². The van der Waals surface area contributed by atoms with E-state index < -0.39 is 26.3 Å². The van der Waals surface area contributed by atoms with E-state index in [1.54, 1.807) is 0 Å². The SMILES string of the molecule is O=S(=O)(c1ccc(Oc2cc(F)cc(Cl)c2)c(Cl)c1Cn1ccnc1)C(F)F. The van der Waals surface area contributed by atoms with Gasteiger partial charge in [0.25, 0.3) is 0 Å². The lowest BCUT2D eigenvalue weighted by atomic mass is 10.2. The largest absolute Gasteiger partial charge is 0.456 e. The van der Waals surface area contributed by atoms with E-state index in [9.17, 15) is 21.6 Å². The molecule has 5 nitrogen and oxygen atoms in total.